The third-order valence-corrected chi connectivity index (χ3v) is 5.50. The highest BCUT2D eigenvalue weighted by Crippen LogP contribution is 2.58. The summed E-state index contributed by atoms with van der Waals surface area (Å²) in [7, 11) is 0. The van der Waals surface area contributed by atoms with Crippen LogP contribution in [0.15, 0.2) is 22.3 Å². The first-order valence-electron chi connectivity index (χ1n) is 8.52. The minimum absolute atomic E-state index is 0.705. The van der Waals surface area contributed by atoms with Gasteiger partial charge in [0.25, 0.3) is 0 Å². The lowest BCUT2D eigenvalue weighted by atomic mass is 9.82. The summed E-state index contributed by atoms with van der Waals surface area (Å²) in [5.74, 6) is 0.768. The highest BCUT2D eigenvalue weighted by Gasteiger charge is 2.43. The first kappa shape index (κ1) is 14.9. The van der Waals surface area contributed by atoms with E-state index in [1.165, 1.54) is 51.4 Å². The van der Waals surface area contributed by atoms with Gasteiger partial charge in [-0.25, -0.2) is 0 Å². The largest absolute Gasteiger partial charge is 0.0695 e. The molecule has 0 aromatic carbocycles. The number of hydrogen-bond donors (Lipinski definition) is 0. The quantitative estimate of drug-likeness (QED) is 0.509. The summed E-state index contributed by atoms with van der Waals surface area (Å²) in [6.45, 7) is 11.2. The molecule has 0 saturated heterocycles. The third kappa shape index (κ3) is 2.69. The average Bonchev–Trinajstić information content (AvgIpc) is 3.00. The summed E-state index contributed by atoms with van der Waals surface area (Å²) in [5.41, 5.74) is 7.83. The summed E-state index contributed by atoms with van der Waals surface area (Å²) in [6.07, 6.45) is 11.5. The molecule has 2 fully saturated rings. The Kier molecular flexibility index (Phi) is 4.58. The fourth-order valence-corrected chi connectivity index (χ4v) is 4.48. The number of hydrogen-bond acceptors (Lipinski definition) is 0. The molecule has 3 rings (SSSR count). The van der Waals surface area contributed by atoms with Crippen molar-refractivity contribution in [3.8, 4) is 0 Å². The lowest BCUT2D eigenvalue weighted by Gasteiger charge is -2.23. The molecular formula is C19H32. The lowest BCUT2D eigenvalue weighted by molar-refractivity contribution is 0.324. The molecule has 0 aromatic heterocycles. The molecule has 0 heteroatoms. The van der Waals surface area contributed by atoms with E-state index in [0.29, 0.717) is 5.41 Å². The monoisotopic (exact) mass is 260 g/mol. The van der Waals surface area contributed by atoms with Crippen molar-refractivity contribution in [1.29, 1.82) is 0 Å². The molecule has 0 amide bonds. The summed E-state index contributed by atoms with van der Waals surface area (Å²) < 4.78 is 0. The van der Waals surface area contributed by atoms with Crippen LogP contribution in [0.4, 0.5) is 0 Å². The Hall–Kier alpha value is -0.520. The van der Waals surface area contributed by atoms with Crippen LogP contribution in [0.5, 0.6) is 0 Å². The third-order valence-electron chi connectivity index (χ3n) is 5.50. The molecule has 0 atom stereocenters. The standard InChI is InChI=1S/C17H26.C2H6/c1-12(2)14-7-6-13(3)15-10-17(11-16(14)15)8-4-5-9-17;1-2/h12H,4-11H2,1-3H3;1-2H3. The molecule has 2 saturated carbocycles. The van der Waals surface area contributed by atoms with E-state index in [0.717, 1.165) is 5.92 Å². The van der Waals surface area contributed by atoms with E-state index in [1.807, 2.05) is 19.4 Å². The molecule has 0 bridgehead atoms. The van der Waals surface area contributed by atoms with Gasteiger partial charge in [0.2, 0.25) is 0 Å². The maximum atomic E-state index is 2.39. The van der Waals surface area contributed by atoms with Crippen LogP contribution < -0.4 is 0 Å². The van der Waals surface area contributed by atoms with Gasteiger partial charge < -0.3 is 0 Å². The Balaban J connectivity index is 0.000000637. The van der Waals surface area contributed by atoms with E-state index in [2.05, 4.69) is 20.8 Å². The Morgan fingerprint density at radius 1 is 0.895 bits per heavy atom. The van der Waals surface area contributed by atoms with Gasteiger partial charge in [-0.3, -0.25) is 0 Å². The molecule has 0 aromatic rings. The zero-order chi connectivity index (χ0) is 14.0. The van der Waals surface area contributed by atoms with E-state index >= 15 is 0 Å². The predicted octanol–water partition coefficient (Wildman–Crippen LogP) is 6.43. The molecule has 19 heavy (non-hydrogen) atoms. The normalized spacial score (nSPS) is 24.9. The average molecular weight is 260 g/mol. The van der Waals surface area contributed by atoms with Crippen molar-refractivity contribution in [2.24, 2.45) is 11.3 Å². The Morgan fingerprint density at radius 2 is 1.47 bits per heavy atom. The van der Waals surface area contributed by atoms with Crippen molar-refractivity contribution >= 4 is 0 Å². The highest BCUT2D eigenvalue weighted by atomic mass is 14.5. The Labute approximate surface area is 120 Å². The number of fused-ring (bicyclic) bond motifs is 1. The molecule has 0 N–H and O–H groups in total. The van der Waals surface area contributed by atoms with E-state index in [4.69, 9.17) is 0 Å². The molecule has 0 heterocycles. The Morgan fingerprint density at radius 3 is 2.05 bits per heavy atom. The van der Waals surface area contributed by atoms with E-state index in [-0.39, 0.29) is 0 Å². The van der Waals surface area contributed by atoms with Crippen molar-refractivity contribution in [2.45, 2.75) is 86.0 Å². The summed E-state index contributed by atoms with van der Waals surface area (Å²) in [6, 6.07) is 0. The molecule has 0 aliphatic heterocycles. The van der Waals surface area contributed by atoms with Crippen molar-refractivity contribution in [3.63, 3.8) is 0 Å². The van der Waals surface area contributed by atoms with Gasteiger partial charge in [-0.2, -0.15) is 0 Å². The zero-order valence-corrected chi connectivity index (χ0v) is 13.7. The molecule has 3 aliphatic carbocycles. The van der Waals surface area contributed by atoms with Gasteiger partial charge in [-0.1, -0.05) is 51.7 Å². The van der Waals surface area contributed by atoms with Gasteiger partial charge >= 0.3 is 0 Å². The highest BCUT2D eigenvalue weighted by molar-refractivity contribution is 5.48. The van der Waals surface area contributed by atoms with E-state index < -0.39 is 0 Å². The van der Waals surface area contributed by atoms with Gasteiger partial charge in [0, 0.05) is 0 Å². The Bertz CT molecular complexity index is 386. The van der Waals surface area contributed by atoms with Crippen molar-refractivity contribution in [1.82, 2.24) is 0 Å². The summed E-state index contributed by atoms with van der Waals surface area (Å²) in [5, 5.41) is 0. The van der Waals surface area contributed by atoms with Gasteiger partial charge in [-0.15, -0.1) is 0 Å². The van der Waals surface area contributed by atoms with Crippen LogP contribution >= 0.6 is 0 Å². The van der Waals surface area contributed by atoms with Crippen LogP contribution in [0.1, 0.15) is 86.0 Å². The second-order valence-corrected chi connectivity index (χ2v) is 6.98. The second kappa shape index (κ2) is 5.85. The van der Waals surface area contributed by atoms with Crippen LogP contribution in [-0.4, -0.2) is 0 Å². The van der Waals surface area contributed by atoms with Crippen molar-refractivity contribution in [3.05, 3.63) is 22.3 Å². The van der Waals surface area contributed by atoms with E-state index in [1.54, 1.807) is 16.7 Å². The smallest absolute Gasteiger partial charge is 0.0216 e. The van der Waals surface area contributed by atoms with E-state index in [9.17, 15) is 0 Å². The maximum absolute atomic E-state index is 2.39. The topological polar surface area (TPSA) is 0 Å². The lowest BCUT2D eigenvalue weighted by Crippen LogP contribution is -2.10. The van der Waals surface area contributed by atoms with Gasteiger partial charge in [0.05, 0.1) is 0 Å². The van der Waals surface area contributed by atoms with Crippen molar-refractivity contribution < 1.29 is 0 Å². The van der Waals surface area contributed by atoms with Gasteiger partial charge in [0.1, 0.15) is 0 Å². The van der Waals surface area contributed by atoms with Gasteiger partial charge in [-0.05, 0) is 67.9 Å². The minimum Gasteiger partial charge on any atom is -0.0695 e. The van der Waals surface area contributed by atoms with Crippen LogP contribution in [0.3, 0.4) is 0 Å². The molecule has 0 unspecified atom stereocenters. The maximum Gasteiger partial charge on any atom is -0.0216 e. The molecule has 0 radical (unpaired) electrons. The van der Waals surface area contributed by atoms with Gasteiger partial charge in [0.15, 0.2) is 0 Å². The molecular weight excluding hydrogens is 228 g/mol. The van der Waals surface area contributed by atoms with Crippen LogP contribution in [0, 0.1) is 11.3 Å². The zero-order valence-electron chi connectivity index (χ0n) is 13.7. The summed E-state index contributed by atoms with van der Waals surface area (Å²) in [4.78, 5) is 0. The summed E-state index contributed by atoms with van der Waals surface area (Å²) >= 11 is 0. The molecule has 108 valence electrons. The first-order chi connectivity index (χ1) is 9.11. The predicted molar refractivity (Wildman–Crippen MR) is 85.3 cm³/mol. The minimum atomic E-state index is 0.705. The number of rotatable bonds is 1. The number of allylic oxidation sites excluding steroid dienone is 4. The molecule has 3 aliphatic rings. The fourth-order valence-electron chi connectivity index (χ4n) is 4.48. The van der Waals surface area contributed by atoms with Crippen molar-refractivity contribution in [2.75, 3.05) is 0 Å². The first-order valence-corrected chi connectivity index (χ1v) is 8.52. The second-order valence-electron chi connectivity index (χ2n) is 6.98. The SMILES string of the molecule is CC.CC1=C2CC3(CCCC3)CC2=C(C(C)C)CC1. The molecule has 1 spiro atoms. The van der Waals surface area contributed by atoms with Crippen LogP contribution in [0.25, 0.3) is 0 Å². The van der Waals surface area contributed by atoms with Crippen LogP contribution in [-0.2, 0) is 0 Å². The van der Waals surface area contributed by atoms with Crippen LogP contribution in [0.2, 0.25) is 0 Å². The molecule has 0 nitrogen and oxygen atoms in total. The fraction of sp³-hybridized carbons (Fsp3) is 0.789.